The van der Waals surface area contributed by atoms with Gasteiger partial charge in [0.15, 0.2) is 0 Å². The number of aryl methyl sites for hydroxylation is 1. The first-order valence-corrected chi connectivity index (χ1v) is 10.4. The van der Waals surface area contributed by atoms with Gasteiger partial charge in [-0.25, -0.2) is 4.98 Å². The summed E-state index contributed by atoms with van der Waals surface area (Å²) in [4.78, 5) is 20.0. The second-order valence-corrected chi connectivity index (χ2v) is 8.27. The predicted molar refractivity (Wildman–Crippen MR) is 120 cm³/mol. The fourth-order valence-electron chi connectivity index (χ4n) is 3.38. The van der Waals surface area contributed by atoms with Crippen molar-refractivity contribution in [2.24, 2.45) is 0 Å². The largest absolute Gasteiger partial charge is 0.324 e. The minimum Gasteiger partial charge on any atom is -0.324 e. The zero-order chi connectivity index (χ0) is 20.2. The van der Waals surface area contributed by atoms with E-state index in [2.05, 4.69) is 16.3 Å². The molecule has 0 bridgehead atoms. The highest BCUT2D eigenvalue weighted by atomic mass is 32.1. The number of benzene rings is 3. The molecule has 4 aromatic rings. The number of fused-ring (bicyclic) bond motifs is 1. The first kappa shape index (κ1) is 19.3. The van der Waals surface area contributed by atoms with Crippen LogP contribution in [0, 0.1) is 6.92 Å². The predicted octanol–water partition coefficient (Wildman–Crippen LogP) is 5.42. The molecule has 1 atom stereocenters. The zero-order valence-electron chi connectivity index (χ0n) is 16.5. The number of nitrogens with one attached hydrogen (secondary N) is 1. The number of likely N-dealkylation sites (N-methyl/N-ethyl adjacent to an activating group) is 1. The maximum Gasteiger partial charge on any atom is 0.246 e. The van der Waals surface area contributed by atoms with Gasteiger partial charge in [-0.05, 0) is 43.8 Å². The smallest absolute Gasteiger partial charge is 0.246 e. The van der Waals surface area contributed by atoms with E-state index in [1.807, 2.05) is 86.8 Å². The van der Waals surface area contributed by atoms with E-state index in [1.165, 1.54) is 0 Å². The summed E-state index contributed by atoms with van der Waals surface area (Å²) in [5, 5.41) is 4.06. The second kappa shape index (κ2) is 8.55. The lowest BCUT2D eigenvalue weighted by Crippen LogP contribution is -2.34. The van der Waals surface area contributed by atoms with Crippen LogP contribution in [0.15, 0.2) is 78.9 Å². The van der Waals surface area contributed by atoms with Gasteiger partial charge < -0.3 is 5.32 Å². The van der Waals surface area contributed by atoms with Crippen molar-refractivity contribution in [3.05, 3.63) is 95.0 Å². The highest BCUT2D eigenvalue weighted by Crippen LogP contribution is 2.27. The second-order valence-electron chi connectivity index (χ2n) is 7.16. The third-order valence-corrected chi connectivity index (χ3v) is 5.87. The van der Waals surface area contributed by atoms with Gasteiger partial charge in [0.05, 0.1) is 16.8 Å². The summed E-state index contributed by atoms with van der Waals surface area (Å²) in [6, 6.07) is 25.5. The summed E-state index contributed by atoms with van der Waals surface area (Å²) in [5.41, 5.74) is 3.92. The molecule has 1 heterocycles. The Hall–Kier alpha value is -3.02. The van der Waals surface area contributed by atoms with Gasteiger partial charge in [0.2, 0.25) is 5.91 Å². The number of carbonyl (C=O) groups excluding carboxylic acids is 1. The highest BCUT2D eigenvalue weighted by Gasteiger charge is 2.26. The average Bonchev–Trinajstić information content (AvgIpc) is 3.13. The van der Waals surface area contributed by atoms with Crippen molar-refractivity contribution in [3.63, 3.8) is 0 Å². The highest BCUT2D eigenvalue weighted by molar-refractivity contribution is 7.18. The normalized spacial score (nSPS) is 12.2. The first-order valence-electron chi connectivity index (χ1n) is 9.57. The minimum absolute atomic E-state index is 0.0522. The molecule has 0 aliphatic rings. The van der Waals surface area contributed by atoms with Crippen LogP contribution in [0.4, 0.5) is 5.69 Å². The number of hydrogen-bond acceptors (Lipinski definition) is 4. The molecule has 0 aliphatic heterocycles. The number of carbonyl (C=O) groups is 1. The summed E-state index contributed by atoms with van der Waals surface area (Å²) in [6.07, 6.45) is 0. The molecule has 0 unspecified atom stereocenters. The molecule has 4 nitrogen and oxygen atoms in total. The van der Waals surface area contributed by atoms with Crippen molar-refractivity contribution in [3.8, 4) is 0 Å². The molecule has 146 valence electrons. The molecular formula is C24H23N3OS. The van der Waals surface area contributed by atoms with E-state index in [9.17, 15) is 4.79 Å². The quantitative estimate of drug-likeness (QED) is 0.469. The third-order valence-electron chi connectivity index (χ3n) is 4.85. The monoisotopic (exact) mass is 401 g/mol. The van der Waals surface area contributed by atoms with E-state index in [0.717, 1.165) is 32.0 Å². The molecule has 5 heteroatoms. The Morgan fingerprint density at radius 2 is 1.69 bits per heavy atom. The molecule has 0 aliphatic carbocycles. The van der Waals surface area contributed by atoms with Crippen molar-refractivity contribution >= 4 is 33.1 Å². The number of anilines is 1. The maximum atomic E-state index is 13.2. The standard InChI is InChI=1S/C24H23N3OS/c1-17-12-14-19(15-13-17)25-24(28)23(18-8-4-3-5-9-18)27(2)16-22-26-20-10-6-7-11-21(20)29-22/h3-15,23H,16H2,1-2H3,(H,25,28)/t23-/m0/s1. The van der Waals surface area contributed by atoms with Gasteiger partial charge in [0, 0.05) is 5.69 Å². The zero-order valence-corrected chi connectivity index (χ0v) is 17.3. The number of thiazole rings is 1. The Bertz CT molecular complexity index is 1070. The number of rotatable bonds is 6. The van der Waals surface area contributed by atoms with Gasteiger partial charge in [0.1, 0.15) is 11.0 Å². The molecule has 4 rings (SSSR count). The van der Waals surface area contributed by atoms with E-state index in [1.54, 1.807) is 11.3 Å². The molecule has 1 amide bonds. The summed E-state index contributed by atoms with van der Waals surface area (Å²) in [5.74, 6) is -0.0522. The van der Waals surface area contributed by atoms with Crippen LogP contribution in [0.2, 0.25) is 0 Å². The number of nitrogens with zero attached hydrogens (tertiary/aromatic N) is 2. The van der Waals surface area contributed by atoms with Crippen LogP contribution < -0.4 is 5.32 Å². The number of amides is 1. The van der Waals surface area contributed by atoms with E-state index in [4.69, 9.17) is 4.98 Å². The summed E-state index contributed by atoms with van der Waals surface area (Å²) < 4.78 is 1.16. The topological polar surface area (TPSA) is 45.2 Å². The molecule has 0 fully saturated rings. The lowest BCUT2D eigenvalue weighted by Gasteiger charge is -2.27. The van der Waals surface area contributed by atoms with E-state index in [-0.39, 0.29) is 5.91 Å². The van der Waals surface area contributed by atoms with Crippen molar-refractivity contribution in [1.82, 2.24) is 9.88 Å². The van der Waals surface area contributed by atoms with Gasteiger partial charge in [-0.1, -0.05) is 60.2 Å². The van der Waals surface area contributed by atoms with Gasteiger partial charge >= 0.3 is 0 Å². The molecule has 3 aromatic carbocycles. The fraction of sp³-hybridized carbons (Fsp3) is 0.167. The van der Waals surface area contributed by atoms with E-state index in [0.29, 0.717) is 6.54 Å². The molecule has 1 N–H and O–H groups in total. The molecular weight excluding hydrogens is 378 g/mol. The van der Waals surface area contributed by atoms with Gasteiger partial charge in [-0.2, -0.15) is 0 Å². The van der Waals surface area contributed by atoms with Gasteiger partial charge in [-0.3, -0.25) is 9.69 Å². The summed E-state index contributed by atoms with van der Waals surface area (Å²) in [7, 11) is 1.97. The maximum absolute atomic E-state index is 13.2. The lowest BCUT2D eigenvalue weighted by molar-refractivity contribution is -0.121. The fourth-order valence-corrected chi connectivity index (χ4v) is 4.41. The SMILES string of the molecule is Cc1ccc(NC(=O)[C@H](c2ccccc2)N(C)Cc2nc3ccccc3s2)cc1. The summed E-state index contributed by atoms with van der Waals surface area (Å²) >= 11 is 1.67. The van der Waals surface area contributed by atoms with Crippen LogP contribution in [-0.2, 0) is 11.3 Å². The lowest BCUT2D eigenvalue weighted by atomic mass is 10.0. The molecule has 29 heavy (non-hydrogen) atoms. The number of para-hydroxylation sites is 1. The Labute approximate surface area is 174 Å². The van der Waals surface area contributed by atoms with Crippen LogP contribution >= 0.6 is 11.3 Å². The number of hydrogen-bond donors (Lipinski definition) is 1. The van der Waals surface area contributed by atoms with Crippen molar-refractivity contribution in [2.75, 3.05) is 12.4 Å². The Balaban J connectivity index is 1.59. The van der Waals surface area contributed by atoms with E-state index >= 15 is 0 Å². The van der Waals surface area contributed by atoms with Gasteiger partial charge in [-0.15, -0.1) is 11.3 Å². The van der Waals surface area contributed by atoms with Gasteiger partial charge in [0.25, 0.3) is 0 Å². The van der Waals surface area contributed by atoms with Crippen LogP contribution in [0.25, 0.3) is 10.2 Å². The Kier molecular flexibility index (Phi) is 5.69. The van der Waals surface area contributed by atoms with Crippen LogP contribution in [-0.4, -0.2) is 22.8 Å². The van der Waals surface area contributed by atoms with Crippen molar-refractivity contribution < 1.29 is 4.79 Å². The molecule has 0 spiro atoms. The first-order chi connectivity index (χ1) is 14.1. The van der Waals surface area contributed by atoms with Crippen molar-refractivity contribution in [1.29, 1.82) is 0 Å². The summed E-state index contributed by atoms with van der Waals surface area (Å²) in [6.45, 7) is 2.63. The Morgan fingerprint density at radius 1 is 1.00 bits per heavy atom. The van der Waals surface area contributed by atoms with Crippen LogP contribution in [0.1, 0.15) is 22.2 Å². The average molecular weight is 402 g/mol. The molecule has 0 radical (unpaired) electrons. The molecule has 0 saturated carbocycles. The van der Waals surface area contributed by atoms with Crippen LogP contribution in [0.5, 0.6) is 0 Å². The molecule has 1 aromatic heterocycles. The minimum atomic E-state index is -0.412. The molecule has 0 saturated heterocycles. The van der Waals surface area contributed by atoms with E-state index < -0.39 is 6.04 Å². The van der Waals surface area contributed by atoms with Crippen LogP contribution in [0.3, 0.4) is 0 Å². The third kappa shape index (κ3) is 4.53. The van der Waals surface area contributed by atoms with Crippen molar-refractivity contribution in [2.45, 2.75) is 19.5 Å². The Morgan fingerprint density at radius 3 is 2.41 bits per heavy atom. The number of aromatic nitrogens is 1.